The third kappa shape index (κ3) is 4.70. The summed E-state index contributed by atoms with van der Waals surface area (Å²) < 4.78 is 25.5. The Hall–Kier alpha value is -0.730. The van der Waals surface area contributed by atoms with E-state index in [0.717, 1.165) is 42.4 Å². The predicted octanol–water partition coefficient (Wildman–Crippen LogP) is 1.37. The van der Waals surface area contributed by atoms with Crippen LogP contribution in [0.1, 0.15) is 30.7 Å². The zero-order chi connectivity index (χ0) is 13.9. The summed E-state index contributed by atoms with van der Waals surface area (Å²) in [5.41, 5.74) is 0. The van der Waals surface area contributed by atoms with Crippen molar-refractivity contribution in [2.45, 2.75) is 38.6 Å². The first-order valence-electron chi connectivity index (χ1n) is 6.45. The van der Waals surface area contributed by atoms with Crippen LogP contribution >= 0.6 is 11.3 Å². The van der Waals surface area contributed by atoms with Crippen LogP contribution in [-0.2, 0) is 10.0 Å². The number of nitrogens with zero attached hydrogens (tertiary/aromatic N) is 2. The predicted molar refractivity (Wildman–Crippen MR) is 76.9 cm³/mol. The highest BCUT2D eigenvalue weighted by molar-refractivity contribution is 7.88. The van der Waals surface area contributed by atoms with Crippen molar-refractivity contribution in [2.75, 3.05) is 18.1 Å². The fourth-order valence-electron chi connectivity index (χ4n) is 2.47. The van der Waals surface area contributed by atoms with Gasteiger partial charge in [-0.3, -0.25) is 0 Å². The molecule has 1 aromatic rings. The van der Waals surface area contributed by atoms with Gasteiger partial charge in [-0.05, 0) is 25.7 Å². The number of aryl methyl sites for hydroxylation is 1. The van der Waals surface area contributed by atoms with E-state index in [9.17, 15) is 8.42 Å². The van der Waals surface area contributed by atoms with Crippen LogP contribution in [-0.4, -0.2) is 37.5 Å². The third-order valence-electron chi connectivity index (χ3n) is 3.32. The van der Waals surface area contributed by atoms with Gasteiger partial charge in [0, 0.05) is 12.6 Å². The Morgan fingerprint density at radius 2 is 2.05 bits per heavy atom. The van der Waals surface area contributed by atoms with E-state index in [-0.39, 0.29) is 6.04 Å². The highest BCUT2D eigenvalue weighted by Crippen LogP contribution is 2.26. The number of anilines is 1. The van der Waals surface area contributed by atoms with Crippen LogP contribution in [0.15, 0.2) is 0 Å². The molecule has 0 saturated heterocycles. The summed E-state index contributed by atoms with van der Waals surface area (Å²) in [6.45, 7) is 2.65. The fourth-order valence-corrected chi connectivity index (χ4v) is 3.93. The quantitative estimate of drug-likeness (QED) is 0.858. The second-order valence-electron chi connectivity index (χ2n) is 5.05. The summed E-state index contributed by atoms with van der Waals surface area (Å²) in [7, 11) is -3.14. The van der Waals surface area contributed by atoms with E-state index in [4.69, 9.17) is 0 Å². The van der Waals surface area contributed by atoms with Crippen LogP contribution in [0.2, 0.25) is 0 Å². The molecule has 19 heavy (non-hydrogen) atoms. The van der Waals surface area contributed by atoms with Gasteiger partial charge in [0.05, 0.1) is 6.26 Å². The molecule has 2 unspecified atom stereocenters. The SMILES string of the molecule is Cc1nnc(NCC2CCCCC2NS(C)(=O)=O)s1. The molecule has 1 aliphatic carbocycles. The van der Waals surface area contributed by atoms with Crippen LogP contribution in [0.5, 0.6) is 0 Å². The van der Waals surface area contributed by atoms with E-state index >= 15 is 0 Å². The maximum absolute atomic E-state index is 11.4. The zero-order valence-corrected chi connectivity index (χ0v) is 12.9. The van der Waals surface area contributed by atoms with Gasteiger partial charge < -0.3 is 5.32 Å². The van der Waals surface area contributed by atoms with Gasteiger partial charge in [-0.1, -0.05) is 24.2 Å². The summed E-state index contributed by atoms with van der Waals surface area (Å²) in [5, 5.41) is 13.0. The Labute approximate surface area is 118 Å². The summed E-state index contributed by atoms with van der Waals surface area (Å²) in [6.07, 6.45) is 5.41. The van der Waals surface area contributed by atoms with E-state index in [0.29, 0.717) is 5.92 Å². The van der Waals surface area contributed by atoms with Crippen LogP contribution in [0, 0.1) is 12.8 Å². The van der Waals surface area contributed by atoms with Crippen molar-refractivity contribution in [3.8, 4) is 0 Å². The van der Waals surface area contributed by atoms with Crippen molar-refractivity contribution >= 4 is 26.5 Å². The van der Waals surface area contributed by atoms with Crippen molar-refractivity contribution in [3.63, 3.8) is 0 Å². The van der Waals surface area contributed by atoms with Crippen LogP contribution in [0.4, 0.5) is 5.13 Å². The zero-order valence-electron chi connectivity index (χ0n) is 11.2. The van der Waals surface area contributed by atoms with Crippen molar-refractivity contribution < 1.29 is 8.42 Å². The standard InChI is InChI=1S/C11H20N4O2S2/c1-8-13-14-11(18-8)12-7-9-5-3-4-6-10(9)15-19(2,16)17/h9-10,15H,3-7H2,1-2H3,(H,12,14). The topological polar surface area (TPSA) is 84.0 Å². The first kappa shape index (κ1) is 14.7. The molecule has 0 aliphatic heterocycles. The number of aromatic nitrogens is 2. The molecule has 0 spiro atoms. The van der Waals surface area contributed by atoms with Crippen molar-refractivity contribution in [3.05, 3.63) is 5.01 Å². The Morgan fingerprint density at radius 1 is 1.32 bits per heavy atom. The molecule has 1 fully saturated rings. The molecule has 0 amide bonds. The molecule has 6 nitrogen and oxygen atoms in total. The molecule has 0 radical (unpaired) electrons. The molecule has 0 aromatic carbocycles. The van der Waals surface area contributed by atoms with Crippen LogP contribution in [0.3, 0.4) is 0 Å². The Balaban J connectivity index is 1.92. The van der Waals surface area contributed by atoms with Crippen molar-refractivity contribution in [1.82, 2.24) is 14.9 Å². The number of sulfonamides is 1. The molecular weight excluding hydrogens is 284 g/mol. The monoisotopic (exact) mass is 304 g/mol. The highest BCUT2D eigenvalue weighted by Gasteiger charge is 2.27. The second-order valence-corrected chi connectivity index (χ2v) is 8.01. The average Bonchev–Trinajstić information content (AvgIpc) is 2.72. The molecule has 1 aromatic heterocycles. The summed E-state index contributed by atoms with van der Waals surface area (Å²) >= 11 is 1.52. The van der Waals surface area contributed by atoms with E-state index in [1.165, 1.54) is 17.6 Å². The lowest BCUT2D eigenvalue weighted by atomic mass is 9.85. The molecule has 1 saturated carbocycles. The van der Waals surface area contributed by atoms with E-state index in [1.807, 2.05) is 6.92 Å². The van der Waals surface area contributed by atoms with E-state index in [1.54, 1.807) is 0 Å². The number of rotatable bonds is 5. The van der Waals surface area contributed by atoms with Gasteiger partial charge in [0.2, 0.25) is 15.2 Å². The lowest BCUT2D eigenvalue weighted by Crippen LogP contribution is -2.43. The number of hydrogen-bond acceptors (Lipinski definition) is 6. The van der Waals surface area contributed by atoms with E-state index in [2.05, 4.69) is 20.2 Å². The van der Waals surface area contributed by atoms with Crippen LogP contribution in [0.25, 0.3) is 0 Å². The molecule has 2 atom stereocenters. The minimum absolute atomic E-state index is 0.0327. The molecule has 8 heteroatoms. The van der Waals surface area contributed by atoms with Gasteiger partial charge in [-0.25, -0.2) is 13.1 Å². The van der Waals surface area contributed by atoms with Gasteiger partial charge in [-0.2, -0.15) is 0 Å². The lowest BCUT2D eigenvalue weighted by molar-refractivity contribution is 0.302. The number of hydrogen-bond donors (Lipinski definition) is 2. The Morgan fingerprint density at radius 3 is 2.68 bits per heavy atom. The summed E-state index contributed by atoms with van der Waals surface area (Å²) in [4.78, 5) is 0. The molecule has 108 valence electrons. The van der Waals surface area contributed by atoms with Gasteiger partial charge in [-0.15, -0.1) is 10.2 Å². The van der Waals surface area contributed by atoms with Crippen molar-refractivity contribution in [1.29, 1.82) is 0 Å². The third-order valence-corrected chi connectivity index (χ3v) is 4.84. The summed E-state index contributed by atoms with van der Waals surface area (Å²) in [6, 6.07) is 0.0327. The van der Waals surface area contributed by atoms with Crippen molar-refractivity contribution in [2.24, 2.45) is 5.92 Å². The summed E-state index contributed by atoms with van der Waals surface area (Å²) in [5.74, 6) is 0.313. The molecule has 1 aliphatic rings. The first-order valence-corrected chi connectivity index (χ1v) is 9.16. The largest absolute Gasteiger partial charge is 0.360 e. The minimum Gasteiger partial charge on any atom is -0.360 e. The maximum atomic E-state index is 11.4. The van der Waals surface area contributed by atoms with E-state index < -0.39 is 10.0 Å². The Bertz CT molecular complexity index is 515. The minimum atomic E-state index is -3.14. The highest BCUT2D eigenvalue weighted by atomic mass is 32.2. The molecular formula is C11H20N4O2S2. The van der Waals surface area contributed by atoms with Gasteiger partial charge in [0.1, 0.15) is 5.01 Å². The molecule has 0 bridgehead atoms. The maximum Gasteiger partial charge on any atom is 0.208 e. The van der Waals surface area contributed by atoms with Gasteiger partial charge in [0.25, 0.3) is 0 Å². The Kier molecular flexibility index (Phi) is 4.75. The number of nitrogens with one attached hydrogen (secondary N) is 2. The first-order chi connectivity index (χ1) is 8.94. The normalized spacial score (nSPS) is 24.3. The van der Waals surface area contributed by atoms with Gasteiger partial charge >= 0.3 is 0 Å². The fraction of sp³-hybridized carbons (Fsp3) is 0.818. The average molecular weight is 304 g/mol. The second kappa shape index (κ2) is 6.15. The smallest absolute Gasteiger partial charge is 0.208 e. The van der Waals surface area contributed by atoms with Gasteiger partial charge in [0.15, 0.2) is 0 Å². The molecule has 2 N–H and O–H groups in total. The van der Waals surface area contributed by atoms with Crippen LogP contribution < -0.4 is 10.0 Å². The lowest BCUT2D eigenvalue weighted by Gasteiger charge is -2.31. The molecule has 1 heterocycles. The molecule has 2 rings (SSSR count).